The van der Waals surface area contributed by atoms with Crippen molar-refractivity contribution in [1.82, 2.24) is 0 Å². The van der Waals surface area contributed by atoms with Gasteiger partial charge >= 0.3 is 17.9 Å². The number of esters is 3. The van der Waals surface area contributed by atoms with Crippen molar-refractivity contribution in [2.75, 3.05) is 13.2 Å². The minimum atomic E-state index is -0.768. The molecule has 0 heterocycles. The van der Waals surface area contributed by atoms with Gasteiger partial charge in [-0.15, -0.1) is 0 Å². The predicted octanol–water partition coefficient (Wildman–Crippen LogP) is 21.2. The maximum absolute atomic E-state index is 12.8. The molecule has 0 aliphatic carbocycles. The lowest BCUT2D eigenvalue weighted by Crippen LogP contribution is -2.30. The second-order valence-corrected chi connectivity index (χ2v) is 21.3. The second kappa shape index (κ2) is 60.2. The number of carbonyl (C=O) groups excluding carboxylic acids is 3. The molecule has 0 aliphatic rings. The summed E-state index contributed by atoms with van der Waals surface area (Å²) in [5.74, 6) is -0.863. The first kappa shape index (κ1) is 68.6. The molecular weight excluding hydrogens is 877 g/mol. The van der Waals surface area contributed by atoms with E-state index in [9.17, 15) is 14.4 Å². The van der Waals surface area contributed by atoms with Crippen LogP contribution in [0.3, 0.4) is 0 Å². The SMILES string of the molecule is CCCCCCC/C=C\C/C=C\C/C=C\CCCCCCCCCCCCC(=O)OCC(COC(=O)CCCCCCCC)OC(=O)CCCCCCCCCCCCCCCCCCCCCCCC. The Hall–Kier alpha value is -2.37. The lowest BCUT2D eigenvalue weighted by Gasteiger charge is -2.18. The molecule has 0 bridgehead atoms. The molecule has 1 atom stereocenters. The van der Waals surface area contributed by atoms with Crippen LogP contribution >= 0.6 is 0 Å². The molecule has 0 aliphatic heterocycles. The fourth-order valence-electron chi connectivity index (χ4n) is 9.39. The number of rotatable bonds is 58. The van der Waals surface area contributed by atoms with Gasteiger partial charge in [-0.05, 0) is 57.8 Å². The number of hydrogen-bond donors (Lipinski definition) is 0. The zero-order valence-corrected chi connectivity index (χ0v) is 47.8. The molecule has 0 saturated carbocycles. The van der Waals surface area contributed by atoms with Crippen LogP contribution in [0, 0.1) is 0 Å². The Bertz CT molecular complexity index is 1190. The zero-order valence-electron chi connectivity index (χ0n) is 47.8. The third kappa shape index (κ3) is 58.4. The van der Waals surface area contributed by atoms with Crippen molar-refractivity contribution in [3.8, 4) is 0 Å². The molecule has 0 amide bonds. The van der Waals surface area contributed by atoms with Crippen molar-refractivity contribution < 1.29 is 28.6 Å². The molecule has 0 aromatic heterocycles. The van der Waals surface area contributed by atoms with Crippen LogP contribution in [0.5, 0.6) is 0 Å². The molecule has 6 heteroatoms. The van der Waals surface area contributed by atoms with Gasteiger partial charge in [-0.3, -0.25) is 14.4 Å². The summed E-state index contributed by atoms with van der Waals surface area (Å²) in [5, 5.41) is 0. The van der Waals surface area contributed by atoms with E-state index in [1.807, 2.05) is 0 Å². The van der Waals surface area contributed by atoms with E-state index in [0.717, 1.165) is 70.6 Å². The minimum Gasteiger partial charge on any atom is -0.462 e. The van der Waals surface area contributed by atoms with Crippen molar-refractivity contribution in [3.63, 3.8) is 0 Å². The lowest BCUT2D eigenvalue weighted by atomic mass is 10.0. The predicted molar refractivity (Wildman–Crippen MR) is 307 cm³/mol. The Balaban J connectivity index is 4.07. The minimum absolute atomic E-state index is 0.0697. The topological polar surface area (TPSA) is 78.9 Å². The van der Waals surface area contributed by atoms with E-state index in [1.54, 1.807) is 0 Å². The molecule has 1 unspecified atom stereocenters. The quantitative estimate of drug-likeness (QED) is 0.0261. The number of carbonyl (C=O) groups is 3. The number of ether oxygens (including phenoxy) is 3. The molecule has 0 rings (SSSR count). The highest BCUT2D eigenvalue weighted by Crippen LogP contribution is 2.17. The molecule has 0 aromatic rings. The highest BCUT2D eigenvalue weighted by atomic mass is 16.6. The van der Waals surface area contributed by atoms with Crippen LogP contribution in [-0.4, -0.2) is 37.2 Å². The van der Waals surface area contributed by atoms with Crippen LogP contribution in [0.25, 0.3) is 0 Å². The van der Waals surface area contributed by atoms with Gasteiger partial charge in [0.1, 0.15) is 13.2 Å². The van der Waals surface area contributed by atoms with E-state index < -0.39 is 6.10 Å². The molecule has 0 aromatic carbocycles. The number of hydrogen-bond acceptors (Lipinski definition) is 6. The fraction of sp³-hybridized carbons (Fsp3) is 0.862. The Morgan fingerprint density at radius 2 is 0.507 bits per heavy atom. The van der Waals surface area contributed by atoms with E-state index >= 15 is 0 Å². The highest BCUT2D eigenvalue weighted by molar-refractivity contribution is 5.71. The summed E-state index contributed by atoms with van der Waals surface area (Å²) >= 11 is 0. The van der Waals surface area contributed by atoms with E-state index in [1.165, 1.54) is 231 Å². The van der Waals surface area contributed by atoms with E-state index in [4.69, 9.17) is 14.2 Å². The second-order valence-electron chi connectivity index (χ2n) is 21.3. The van der Waals surface area contributed by atoms with Crippen LogP contribution in [0.2, 0.25) is 0 Å². The summed E-state index contributed by atoms with van der Waals surface area (Å²) in [6.45, 7) is 6.62. The molecule has 0 fully saturated rings. The molecule has 416 valence electrons. The smallest absolute Gasteiger partial charge is 0.306 e. The Morgan fingerprint density at radius 3 is 0.789 bits per heavy atom. The fourth-order valence-corrected chi connectivity index (χ4v) is 9.39. The largest absolute Gasteiger partial charge is 0.462 e. The van der Waals surface area contributed by atoms with Crippen molar-refractivity contribution in [2.45, 2.75) is 348 Å². The summed E-state index contributed by atoms with van der Waals surface area (Å²) < 4.78 is 16.8. The van der Waals surface area contributed by atoms with Gasteiger partial charge in [0.05, 0.1) is 0 Å². The zero-order chi connectivity index (χ0) is 51.4. The molecule has 0 N–H and O–H groups in total. The van der Waals surface area contributed by atoms with Crippen LogP contribution < -0.4 is 0 Å². The van der Waals surface area contributed by atoms with Crippen LogP contribution in [0.1, 0.15) is 342 Å². The van der Waals surface area contributed by atoms with E-state index in [-0.39, 0.29) is 31.1 Å². The average molecular weight is 998 g/mol. The summed E-state index contributed by atoms with van der Waals surface area (Å²) in [7, 11) is 0. The lowest BCUT2D eigenvalue weighted by molar-refractivity contribution is -0.167. The van der Waals surface area contributed by atoms with Crippen LogP contribution in [0.4, 0.5) is 0 Å². The van der Waals surface area contributed by atoms with Crippen molar-refractivity contribution in [1.29, 1.82) is 0 Å². The van der Waals surface area contributed by atoms with Gasteiger partial charge < -0.3 is 14.2 Å². The maximum atomic E-state index is 12.8. The highest BCUT2D eigenvalue weighted by Gasteiger charge is 2.19. The van der Waals surface area contributed by atoms with E-state index in [2.05, 4.69) is 57.2 Å². The standard InChI is InChI=1S/C65H120O6/c1-4-7-10-13-16-18-20-22-24-26-28-30-32-33-34-36-37-39-41-43-45-47-49-52-55-58-64(67)70-61-62(60-69-63(66)57-54-51-15-12-9-6-3)71-65(68)59-56-53-50-48-46-44-42-40-38-35-31-29-27-25-23-21-19-17-14-11-8-5-2/h20,22,26,28,32-33,62H,4-19,21,23-25,27,29-31,34-61H2,1-3H3/b22-20-,28-26-,33-32-. The van der Waals surface area contributed by atoms with Crippen LogP contribution in [0.15, 0.2) is 36.5 Å². The molecule has 0 saturated heterocycles. The summed E-state index contributed by atoms with van der Waals surface area (Å²) in [6.07, 6.45) is 73.3. The number of unbranched alkanes of at least 4 members (excludes halogenated alkanes) is 41. The average Bonchev–Trinajstić information content (AvgIpc) is 3.37. The van der Waals surface area contributed by atoms with Crippen molar-refractivity contribution in [3.05, 3.63) is 36.5 Å². The van der Waals surface area contributed by atoms with Gasteiger partial charge in [0.2, 0.25) is 0 Å². The third-order valence-corrected chi connectivity index (χ3v) is 14.1. The van der Waals surface area contributed by atoms with Crippen molar-refractivity contribution in [2.24, 2.45) is 0 Å². The third-order valence-electron chi connectivity index (χ3n) is 14.1. The summed E-state index contributed by atoms with van der Waals surface area (Å²) in [4.78, 5) is 38.0. The Kier molecular flexibility index (Phi) is 58.2. The van der Waals surface area contributed by atoms with Gasteiger partial charge in [0.15, 0.2) is 6.10 Å². The summed E-state index contributed by atoms with van der Waals surface area (Å²) in [6, 6.07) is 0. The Morgan fingerprint density at radius 1 is 0.282 bits per heavy atom. The first-order valence-corrected chi connectivity index (χ1v) is 31.5. The molecule has 0 spiro atoms. The van der Waals surface area contributed by atoms with Crippen LogP contribution in [-0.2, 0) is 28.6 Å². The van der Waals surface area contributed by atoms with Gasteiger partial charge in [-0.1, -0.05) is 301 Å². The Labute approximate surface area is 442 Å². The van der Waals surface area contributed by atoms with E-state index in [0.29, 0.717) is 19.3 Å². The monoisotopic (exact) mass is 997 g/mol. The first-order valence-electron chi connectivity index (χ1n) is 31.5. The van der Waals surface area contributed by atoms with Gasteiger partial charge in [0, 0.05) is 19.3 Å². The normalized spacial score (nSPS) is 12.2. The van der Waals surface area contributed by atoms with Gasteiger partial charge in [-0.2, -0.15) is 0 Å². The molecule has 6 nitrogen and oxygen atoms in total. The maximum Gasteiger partial charge on any atom is 0.306 e. The number of allylic oxidation sites excluding steroid dienone is 6. The van der Waals surface area contributed by atoms with Gasteiger partial charge in [-0.25, -0.2) is 0 Å². The molecule has 0 radical (unpaired) electrons. The van der Waals surface area contributed by atoms with Crippen molar-refractivity contribution >= 4 is 17.9 Å². The van der Waals surface area contributed by atoms with Gasteiger partial charge in [0.25, 0.3) is 0 Å². The summed E-state index contributed by atoms with van der Waals surface area (Å²) in [5.41, 5.74) is 0. The molecular formula is C65H120O6. The first-order chi connectivity index (χ1) is 35.0. The molecule has 71 heavy (non-hydrogen) atoms.